The molecule has 0 saturated heterocycles. The number of aliphatic hydroxyl groups excluding tert-OH is 1. The quantitative estimate of drug-likeness (QED) is 0.630. The Morgan fingerprint density at radius 2 is 1.90 bits per heavy atom. The predicted molar refractivity (Wildman–Crippen MR) is 105 cm³/mol. The van der Waals surface area contributed by atoms with Crippen molar-refractivity contribution in [3.05, 3.63) is 71.2 Å². The first kappa shape index (κ1) is 19.8. The first-order valence-corrected chi connectivity index (χ1v) is 9.15. The minimum Gasteiger partial charge on any atom is -0.390 e. The molecule has 0 aliphatic carbocycles. The Balaban J connectivity index is 1.39. The lowest BCUT2D eigenvalue weighted by Crippen LogP contribution is -2.32. The van der Waals surface area contributed by atoms with Gasteiger partial charge in [0, 0.05) is 17.6 Å². The second-order valence-corrected chi connectivity index (χ2v) is 6.94. The number of halogens is 3. The Morgan fingerprint density at radius 1 is 1.13 bits per heavy atom. The van der Waals surface area contributed by atoms with Gasteiger partial charge in [0.25, 0.3) is 5.91 Å². The van der Waals surface area contributed by atoms with Gasteiger partial charge >= 0.3 is 0 Å². The van der Waals surface area contributed by atoms with Crippen molar-refractivity contribution in [3.63, 3.8) is 0 Å². The summed E-state index contributed by atoms with van der Waals surface area (Å²) in [5.41, 5.74) is 2.06. The molecule has 3 aromatic rings. The zero-order valence-corrected chi connectivity index (χ0v) is 15.6. The standard InChI is InChI=1S/C21H17F3N4O2/c22-16-5-12(6-17(23)20(16)24)8-28-9-19(25-11-28)21(30)27-14-3-4-18-13(7-14)1-2-15(10-29)26-18/h1-7,11,19,29H,8-10H2,(H,27,30). The molecule has 0 radical (unpaired) electrons. The van der Waals surface area contributed by atoms with Crippen LogP contribution in [0.15, 0.2) is 47.5 Å². The van der Waals surface area contributed by atoms with E-state index in [1.54, 1.807) is 35.2 Å². The van der Waals surface area contributed by atoms with Crippen molar-refractivity contribution in [3.8, 4) is 0 Å². The number of benzene rings is 2. The first-order valence-electron chi connectivity index (χ1n) is 9.15. The van der Waals surface area contributed by atoms with E-state index in [1.165, 1.54) is 6.34 Å². The number of nitrogens with one attached hydrogen (secondary N) is 1. The molecule has 1 atom stereocenters. The summed E-state index contributed by atoms with van der Waals surface area (Å²) in [4.78, 5) is 22.6. The molecule has 30 heavy (non-hydrogen) atoms. The van der Waals surface area contributed by atoms with Crippen LogP contribution in [0.5, 0.6) is 0 Å². The maximum Gasteiger partial charge on any atom is 0.251 e. The van der Waals surface area contributed by atoms with E-state index >= 15 is 0 Å². The largest absolute Gasteiger partial charge is 0.390 e. The highest BCUT2D eigenvalue weighted by atomic mass is 19.2. The van der Waals surface area contributed by atoms with E-state index in [2.05, 4.69) is 15.3 Å². The molecule has 1 aromatic heterocycles. The first-order chi connectivity index (χ1) is 14.4. The molecule has 9 heteroatoms. The van der Waals surface area contributed by atoms with Crippen molar-refractivity contribution in [2.24, 2.45) is 4.99 Å². The molecule has 0 bridgehead atoms. The Bertz CT molecular complexity index is 1130. The number of pyridine rings is 1. The predicted octanol–water partition coefficient (Wildman–Crippen LogP) is 3.00. The van der Waals surface area contributed by atoms with Gasteiger partial charge in [-0.2, -0.15) is 0 Å². The summed E-state index contributed by atoms with van der Waals surface area (Å²) < 4.78 is 39.8. The Hall–Kier alpha value is -3.46. The lowest BCUT2D eigenvalue weighted by molar-refractivity contribution is -0.117. The van der Waals surface area contributed by atoms with Crippen LogP contribution in [0.25, 0.3) is 10.9 Å². The zero-order valence-electron chi connectivity index (χ0n) is 15.6. The molecule has 0 saturated carbocycles. The molecular weight excluding hydrogens is 397 g/mol. The van der Waals surface area contributed by atoms with Crippen LogP contribution in [0.3, 0.4) is 0 Å². The van der Waals surface area contributed by atoms with Crippen molar-refractivity contribution in [2.45, 2.75) is 19.2 Å². The Labute approximate surface area is 169 Å². The van der Waals surface area contributed by atoms with Gasteiger partial charge in [0.1, 0.15) is 6.04 Å². The highest BCUT2D eigenvalue weighted by Gasteiger charge is 2.25. The number of nitrogens with zero attached hydrogens (tertiary/aromatic N) is 3. The molecule has 2 aromatic carbocycles. The molecule has 0 spiro atoms. The van der Waals surface area contributed by atoms with E-state index in [9.17, 15) is 18.0 Å². The number of hydrogen-bond donors (Lipinski definition) is 2. The lowest BCUT2D eigenvalue weighted by Gasteiger charge is -2.16. The molecule has 4 rings (SSSR count). The Morgan fingerprint density at radius 3 is 2.63 bits per heavy atom. The topological polar surface area (TPSA) is 77.8 Å². The van der Waals surface area contributed by atoms with Crippen molar-refractivity contribution >= 4 is 28.8 Å². The second kappa shape index (κ2) is 8.11. The fraction of sp³-hybridized carbons (Fsp3) is 0.190. The van der Waals surface area contributed by atoms with Crippen LogP contribution in [-0.4, -0.2) is 39.8 Å². The van der Waals surface area contributed by atoms with Gasteiger partial charge in [-0.05, 0) is 42.0 Å². The molecule has 2 N–H and O–H groups in total. The number of aliphatic hydroxyl groups is 1. The number of carbonyl (C=O) groups is 1. The number of anilines is 1. The molecule has 154 valence electrons. The Kier molecular flexibility index (Phi) is 5.37. The van der Waals surface area contributed by atoms with E-state index in [-0.39, 0.29) is 31.2 Å². The molecule has 1 aliphatic heterocycles. The van der Waals surface area contributed by atoms with E-state index < -0.39 is 23.5 Å². The number of fused-ring (bicyclic) bond motifs is 1. The second-order valence-electron chi connectivity index (χ2n) is 6.94. The van der Waals surface area contributed by atoms with Gasteiger partial charge in [-0.1, -0.05) is 6.07 Å². The lowest BCUT2D eigenvalue weighted by atomic mass is 10.1. The fourth-order valence-corrected chi connectivity index (χ4v) is 3.24. The van der Waals surface area contributed by atoms with Crippen LogP contribution < -0.4 is 5.32 Å². The van der Waals surface area contributed by atoms with E-state index in [0.717, 1.165) is 17.5 Å². The number of rotatable bonds is 5. The summed E-state index contributed by atoms with van der Waals surface area (Å²) in [7, 11) is 0. The summed E-state index contributed by atoms with van der Waals surface area (Å²) >= 11 is 0. The van der Waals surface area contributed by atoms with E-state index in [0.29, 0.717) is 16.9 Å². The summed E-state index contributed by atoms with van der Waals surface area (Å²) in [5, 5.41) is 12.8. The number of aromatic nitrogens is 1. The minimum atomic E-state index is -1.51. The highest BCUT2D eigenvalue weighted by Crippen LogP contribution is 2.20. The van der Waals surface area contributed by atoms with Crippen LogP contribution in [-0.2, 0) is 17.9 Å². The number of hydrogen-bond acceptors (Lipinski definition) is 5. The number of amides is 1. The zero-order chi connectivity index (χ0) is 21.3. The summed E-state index contributed by atoms with van der Waals surface area (Å²) in [6, 6.07) is 9.87. The highest BCUT2D eigenvalue weighted by molar-refractivity contribution is 5.98. The molecule has 6 nitrogen and oxygen atoms in total. The van der Waals surface area contributed by atoms with Gasteiger partial charge in [0.2, 0.25) is 0 Å². The van der Waals surface area contributed by atoms with Crippen LogP contribution in [0.2, 0.25) is 0 Å². The normalized spacial score (nSPS) is 15.7. The molecular formula is C21H17F3N4O2. The van der Waals surface area contributed by atoms with Crippen LogP contribution in [0.4, 0.5) is 18.9 Å². The molecule has 2 heterocycles. The molecule has 0 fully saturated rings. The van der Waals surface area contributed by atoms with Gasteiger partial charge < -0.3 is 15.3 Å². The fourth-order valence-electron chi connectivity index (χ4n) is 3.24. The molecule has 1 unspecified atom stereocenters. The summed E-state index contributed by atoms with van der Waals surface area (Å²) in [6.45, 7) is 0.166. The van der Waals surface area contributed by atoms with Gasteiger partial charge in [-0.25, -0.2) is 13.2 Å². The van der Waals surface area contributed by atoms with Crippen LogP contribution in [0.1, 0.15) is 11.3 Å². The van der Waals surface area contributed by atoms with Gasteiger partial charge in [0.15, 0.2) is 17.5 Å². The number of carbonyl (C=O) groups excluding carboxylic acids is 1. The SMILES string of the molecule is O=C(Nc1ccc2nc(CO)ccc2c1)C1CN(Cc2cc(F)c(F)c(F)c2)C=N1. The summed E-state index contributed by atoms with van der Waals surface area (Å²) in [5.74, 6) is -4.35. The van der Waals surface area contributed by atoms with Gasteiger partial charge in [-0.15, -0.1) is 0 Å². The van der Waals surface area contributed by atoms with Gasteiger partial charge in [-0.3, -0.25) is 14.8 Å². The molecule has 1 aliphatic rings. The monoisotopic (exact) mass is 414 g/mol. The average molecular weight is 414 g/mol. The smallest absolute Gasteiger partial charge is 0.251 e. The third kappa shape index (κ3) is 4.11. The van der Waals surface area contributed by atoms with Crippen molar-refractivity contribution < 1.29 is 23.1 Å². The van der Waals surface area contributed by atoms with Crippen LogP contribution >= 0.6 is 0 Å². The van der Waals surface area contributed by atoms with E-state index in [4.69, 9.17) is 5.11 Å². The summed E-state index contributed by atoms with van der Waals surface area (Å²) in [6.07, 6.45) is 1.43. The average Bonchev–Trinajstić information content (AvgIpc) is 3.20. The maximum absolute atomic E-state index is 13.4. The maximum atomic E-state index is 13.4. The van der Waals surface area contributed by atoms with Crippen LogP contribution in [0, 0.1) is 17.5 Å². The van der Waals surface area contributed by atoms with Crippen molar-refractivity contribution in [1.82, 2.24) is 9.88 Å². The minimum absolute atomic E-state index is 0.0935. The number of aliphatic imine (C=N–C) groups is 1. The third-order valence-corrected chi connectivity index (χ3v) is 4.73. The van der Waals surface area contributed by atoms with E-state index in [1.807, 2.05) is 0 Å². The molecule has 1 amide bonds. The third-order valence-electron chi connectivity index (χ3n) is 4.73. The van der Waals surface area contributed by atoms with Gasteiger partial charge in [0.05, 0.1) is 30.7 Å². The van der Waals surface area contributed by atoms with Crippen molar-refractivity contribution in [2.75, 3.05) is 11.9 Å². The van der Waals surface area contributed by atoms with Crippen molar-refractivity contribution in [1.29, 1.82) is 0 Å².